The molecule has 0 aromatic carbocycles. The van der Waals surface area contributed by atoms with Gasteiger partial charge in [0.1, 0.15) is 0 Å². The highest BCUT2D eigenvalue weighted by molar-refractivity contribution is 7.15. The smallest absolute Gasteiger partial charge is 0.359 e. The summed E-state index contributed by atoms with van der Waals surface area (Å²) in [6, 6.07) is 3.57. The van der Waals surface area contributed by atoms with E-state index in [1.807, 2.05) is 13.0 Å². The first-order valence-electron chi connectivity index (χ1n) is 5.94. The summed E-state index contributed by atoms with van der Waals surface area (Å²) in [6.07, 6.45) is 1.68. The van der Waals surface area contributed by atoms with Crippen LogP contribution < -0.4 is 0 Å². The number of carbonyl (C=O) groups is 2. The van der Waals surface area contributed by atoms with Gasteiger partial charge in [0.15, 0.2) is 22.4 Å². The number of fused-ring (bicyclic) bond motifs is 1. The molecular formula is C13H9ClN2O3S2. The Morgan fingerprint density at radius 1 is 1.43 bits per heavy atom. The summed E-state index contributed by atoms with van der Waals surface area (Å²) >= 11 is 8.66. The molecule has 0 unspecified atom stereocenters. The Labute approximate surface area is 132 Å². The highest BCUT2D eigenvalue weighted by Gasteiger charge is 2.21. The standard InChI is InChI=1S/C13H9ClN2O3S2/c1-7-2-3-9(21-7)8(17)6-19-12(18)10-11(14)15-13-16(10)4-5-20-13/h2-5H,6H2,1H3. The van der Waals surface area contributed by atoms with E-state index in [0.29, 0.717) is 9.84 Å². The fourth-order valence-electron chi connectivity index (χ4n) is 1.80. The normalized spacial score (nSPS) is 11.0. The van der Waals surface area contributed by atoms with Gasteiger partial charge in [-0.2, -0.15) is 0 Å². The van der Waals surface area contributed by atoms with E-state index >= 15 is 0 Å². The van der Waals surface area contributed by atoms with Crippen molar-refractivity contribution in [3.8, 4) is 0 Å². The maximum Gasteiger partial charge on any atom is 0.359 e. The van der Waals surface area contributed by atoms with Crippen LogP contribution in [-0.4, -0.2) is 27.7 Å². The number of hydrogen-bond acceptors (Lipinski definition) is 6. The average molecular weight is 341 g/mol. The molecule has 5 nitrogen and oxygen atoms in total. The minimum Gasteiger partial charge on any atom is -0.452 e. The molecule has 0 aliphatic rings. The van der Waals surface area contributed by atoms with Crippen LogP contribution in [0.25, 0.3) is 4.96 Å². The third kappa shape index (κ3) is 2.72. The van der Waals surface area contributed by atoms with Crippen LogP contribution in [0.3, 0.4) is 0 Å². The van der Waals surface area contributed by atoms with Gasteiger partial charge in [0.2, 0.25) is 5.78 Å². The molecule has 3 aromatic rings. The fourth-order valence-corrected chi connectivity index (χ4v) is 3.60. The monoisotopic (exact) mass is 340 g/mol. The number of rotatable bonds is 4. The number of nitrogens with zero attached hydrogens (tertiary/aromatic N) is 2. The number of thiophene rings is 1. The number of ether oxygens (including phenoxy) is 1. The molecule has 0 N–H and O–H groups in total. The highest BCUT2D eigenvalue weighted by atomic mass is 35.5. The summed E-state index contributed by atoms with van der Waals surface area (Å²) < 4.78 is 6.60. The molecule has 0 saturated heterocycles. The minimum atomic E-state index is -0.660. The highest BCUT2D eigenvalue weighted by Crippen LogP contribution is 2.22. The van der Waals surface area contributed by atoms with Gasteiger partial charge in [-0.15, -0.1) is 22.7 Å². The van der Waals surface area contributed by atoms with Crippen LogP contribution in [0.15, 0.2) is 23.7 Å². The summed E-state index contributed by atoms with van der Waals surface area (Å²) in [5.74, 6) is -0.892. The number of halogens is 1. The second-order valence-corrected chi connectivity index (χ2v) is 6.74. The first-order chi connectivity index (χ1) is 10.1. The van der Waals surface area contributed by atoms with E-state index in [0.717, 1.165) is 4.88 Å². The van der Waals surface area contributed by atoms with Crippen LogP contribution >= 0.6 is 34.3 Å². The minimum absolute atomic E-state index is 0.0752. The number of aromatic nitrogens is 2. The van der Waals surface area contributed by atoms with Gasteiger partial charge in [-0.1, -0.05) is 11.6 Å². The van der Waals surface area contributed by atoms with Gasteiger partial charge in [-0.3, -0.25) is 9.20 Å². The van der Waals surface area contributed by atoms with Crippen LogP contribution in [0.2, 0.25) is 5.15 Å². The maximum absolute atomic E-state index is 12.1. The van der Waals surface area contributed by atoms with E-state index in [-0.39, 0.29) is 23.2 Å². The van der Waals surface area contributed by atoms with Crippen molar-refractivity contribution in [3.63, 3.8) is 0 Å². The Kier molecular flexibility index (Phi) is 3.79. The summed E-state index contributed by atoms with van der Waals surface area (Å²) in [5, 5.41) is 1.86. The molecule has 108 valence electrons. The topological polar surface area (TPSA) is 60.7 Å². The van der Waals surface area contributed by atoms with E-state index in [4.69, 9.17) is 16.3 Å². The van der Waals surface area contributed by atoms with Gasteiger partial charge in [0.25, 0.3) is 0 Å². The van der Waals surface area contributed by atoms with E-state index < -0.39 is 5.97 Å². The SMILES string of the molecule is Cc1ccc(C(=O)COC(=O)c2c(Cl)nc3sccn23)s1. The summed E-state index contributed by atoms with van der Waals surface area (Å²) in [5.41, 5.74) is 0.142. The van der Waals surface area contributed by atoms with E-state index in [1.165, 1.54) is 22.7 Å². The van der Waals surface area contributed by atoms with Crippen LogP contribution in [0.5, 0.6) is 0 Å². The van der Waals surface area contributed by atoms with Gasteiger partial charge < -0.3 is 4.74 Å². The largest absolute Gasteiger partial charge is 0.452 e. The molecule has 0 aliphatic heterocycles. The lowest BCUT2D eigenvalue weighted by Crippen LogP contribution is -2.15. The summed E-state index contributed by atoms with van der Waals surface area (Å²) in [6.45, 7) is 1.60. The lowest BCUT2D eigenvalue weighted by Gasteiger charge is -2.02. The Morgan fingerprint density at radius 3 is 2.95 bits per heavy atom. The van der Waals surface area contributed by atoms with E-state index in [9.17, 15) is 9.59 Å². The third-order valence-electron chi connectivity index (χ3n) is 2.76. The Morgan fingerprint density at radius 2 is 2.24 bits per heavy atom. The Hall–Kier alpha value is -1.70. The molecule has 0 saturated carbocycles. The number of Topliss-reactive ketones (excluding diaryl/α,β-unsaturated/α-hetero) is 1. The molecule has 0 fully saturated rings. The molecule has 0 aliphatic carbocycles. The van der Waals surface area contributed by atoms with Gasteiger partial charge in [-0.05, 0) is 19.1 Å². The summed E-state index contributed by atoms with van der Waals surface area (Å²) in [4.78, 5) is 30.2. The number of thiazole rings is 1. The third-order valence-corrected chi connectivity index (χ3v) is 4.82. The zero-order chi connectivity index (χ0) is 15.0. The average Bonchev–Trinajstić information content (AvgIpc) is 3.11. The number of esters is 1. The number of ketones is 1. The molecular weight excluding hydrogens is 332 g/mol. The molecule has 3 aromatic heterocycles. The second-order valence-electron chi connectivity index (χ2n) is 4.22. The number of carbonyl (C=O) groups excluding carboxylic acids is 2. The molecule has 0 spiro atoms. The van der Waals surface area contributed by atoms with Gasteiger partial charge in [0.05, 0.1) is 4.88 Å². The molecule has 0 radical (unpaired) electrons. The Bertz CT molecular complexity index is 834. The molecule has 0 atom stereocenters. The van der Waals surface area contributed by atoms with Crippen molar-refractivity contribution in [2.24, 2.45) is 0 Å². The quantitative estimate of drug-likeness (QED) is 0.539. The number of aryl methyl sites for hydroxylation is 1. The molecule has 3 rings (SSSR count). The van der Waals surface area contributed by atoms with Gasteiger partial charge in [-0.25, -0.2) is 9.78 Å². The van der Waals surface area contributed by atoms with Gasteiger partial charge >= 0.3 is 5.97 Å². The number of imidazole rings is 1. The van der Waals surface area contributed by atoms with E-state index in [1.54, 1.807) is 22.0 Å². The van der Waals surface area contributed by atoms with Crippen molar-refractivity contribution < 1.29 is 14.3 Å². The lowest BCUT2D eigenvalue weighted by molar-refractivity contribution is 0.0469. The fraction of sp³-hybridized carbons (Fsp3) is 0.154. The number of hydrogen-bond donors (Lipinski definition) is 0. The summed E-state index contributed by atoms with van der Waals surface area (Å²) in [7, 11) is 0. The van der Waals surface area contributed by atoms with Crippen LogP contribution in [-0.2, 0) is 4.74 Å². The second kappa shape index (κ2) is 5.59. The van der Waals surface area contributed by atoms with Gasteiger partial charge in [0, 0.05) is 16.5 Å². The Balaban J connectivity index is 1.73. The van der Waals surface area contributed by atoms with Crippen molar-refractivity contribution in [2.75, 3.05) is 6.61 Å². The van der Waals surface area contributed by atoms with Crippen LogP contribution in [0.1, 0.15) is 25.0 Å². The van der Waals surface area contributed by atoms with Crippen molar-refractivity contribution in [1.82, 2.24) is 9.38 Å². The first-order valence-corrected chi connectivity index (χ1v) is 8.01. The molecule has 0 amide bonds. The van der Waals surface area contributed by atoms with E-state index in [2.05, 4.69) is 4.98 Å². The van der Waals surface area contributed by atoms with Crippen LogP contribution in [0.4, 0.5) is 0 Å². The zero-order valence-corrected chi connectivity index (χ0v) is 13.2. The lowest BCUT2D eigenvalue weighted by atomic mass is 10.3. The van der Waals surface area contributed by atoms with Crippen LogP contribution in [0, 0.1) is 6.92 Å². The van der Waals surface area contributed by atoms with Crippen molar-refractivity contribution in [3.05, 3.63) is 44.3 Å². The maximum atomic E-state index is 12.1. The van der Waals surface area contributed by atoms with Crippen molar-refractivity contribution in [1.29, 1.82) is 0 Å². The zero-order valence-electron chi connectivity index (χ0n) is 10.8. The molecule has 8 heteroatoms. The molecule has 21 heavy (non-hydrogen) atoms. The van der Waals surface area contributed by atoms with Crippen molar-refractivity contribution >= 4 is 51.0 Å². The molecule has 3 heterocycles. The predicted molar refractivity (Wildman–Crippen MR) is 81.7 cm³/mol. The predicted octanol–water partition coefficient (Wildman–Crippen LogP) is 3.46. The first kappa shape index (κ1) is 14.2. The van der Waals surface area contributed by atoms with Crippen molar-refractivity contribution in [2.45, 2.75) is 6.92 Å². The molecule has 0 bridgehead atoms.